The Kier molecular flexibility index (Phi) is 2.77. The van der Waals surface area contributed by atoms with Crippen molar-refractivity contribution in [2.45, 2.75) is 18.2 Å². The van der Waals surface area contributed by atoms with Crippen molar-refractivity contribution < 1.29 is 15.0 Å². The summed E-state index contributed by atoms with van der Waals surface area (Å²) in [4.78, 5) is 11.1. The first-order chi connectivity index (χ1) is 7.58. The number of amides is 1. The third-order valence-electron chi connectivity index (χ3n) is 2.59. The maximum atomic E-state index is 11.1. The highest BCUT2D eigenvalue weighted by molar-refractivity contribution is 5.89. The number of nitrogens with one attached hydrogen (secondary N) is 1. The van der Waals surface area contributed by atoms with E-state index < -0.39 is 11.8 Å². The summed E-state index contributed by atoms with van der Waals surface area (Å²) in [6.45, 7) is 0. The van der Waals surface area contributed by atoms with Crippen LogP contribution in [0, 0.1) is 0 Å². The first-order valence-electron chi connectivity index (χ1n) is 5.06. The number of rotatable bonds is 2. The molecule has 0 radical (unpaired) electrons. The van der Waals surface area contributed by atoms with Gasteiger partial charge in [-0.3, -0.25) is 4.79 Å². The molecule has 2 rings (SSSR count). The van der Waals surface area contributed by atoms with E-state index in [0.717, 1.165) is 17.7 Å². The summed E-state index contributed by atoms with van der Waals surface area (Å²) in [6.07, 6.45) is 2.62. The van der Waals surface area contributed by atoms with Crippen molar-refractivity contribution >= 4 is 5.91 Å². The van der Waals surface area contributed by atoms with Gasteiger partial charge in [0.25, 0.3) is 0 Å². The van der Waals surface area contributed by atoms with E-state index in [0.29, 0.717) is 6.42 Å². The normalized spacial score (nSPS) is 22.9. The smallest absolute Gasteiger partial charge is 0.244 e. The Morgan fingerprint density at radius 1 is 1.25 bits per heavy atom. The molecule has 4 nitrogen and oxygen atoms in total. The molecule has 1 aromatic rings. The molecule has 1 atom stereocenters. The van der Waals surface area contributed by atoms with Gasteiger partial charge in [0.05, 0.1) is 6.04 Å². The molecule has 1 aliphatic rings. The summed E-state index contributed by atoms with van der Waals surface area (Å²) in [7, 11) is 0. The van der Waals surface area contributed by atoms with E-state index in [1.54, 1.807) is 0 Å². The van der Waals surface area contributed by atoms with Crippen molar-refractivity contribution in [1.29, 1.82) is 0 Å². The molecule has 0 spiro atoms. The van der Waals surface area contributed by atoms with Gasteiger partial charge in [-0.05, 0) is 18.1 Å². The van der Waals surface area contributed by atoms with Gasteiger partial charge in [-0.25, -0.2) is 0 Å². The first kappa shape index (κ1) is 10.9. The van der Waals surface area contributed by atoms with Gasteiger partial charge in [-0.15, -0.1) is 0 Å². The molecule has 1 aliphatic heterocycles. The lowest BCUT2D eigenvalue weighted by atomic mass is 9.96. The minimum atomic E-state index is -1.98. The Morgan fingerprint density at radius 2 is 1.94 bits per heavy atom. The lowest BCUT2D eigenvalue weighted by Gasteiger charge is -2.32. The van der Waals surface area contributed by atoms with Crippen LogP contribution in [0.2, 0.25) is 0 Å². The van der Waals surface area contributed by atoms with Gasteiger partial charge in [0.15, 0.2) is 0 Å². The van der Waals surface area contributed by atoms with Crippen LogP contribution in [0.3, 0.4) is 0 Å². The molecular weight excluding hydrogens is 206 g/mol. The minimum absolute atomic E-state index is 0.306. The fourth-order valence-electron chi connectivity index (χ4n) is 1.69. The van der Waals surface area contributed by atoms with Crippen molar-refractivity contribution in [2.75, 3.05) is 0 Å². The van der Waals surface area contributed by atoms with Crippen LogP contribution < -0.4 is 5.32 Å². The standard InChI is InChI=1S/C12H13NO3/c14-11-6-7-12(15,16)10(13-11)8-9-4-2-1-3-5-9/h1-7,10,15-16H,8H2,(H,13,14). The third kappa shape index (κ3) is 2.29. The van der Waals surface area contributed by atoms with Crippen molar-refractivity contribution in [1.82, 2.24) is 5.32 Å². The lowest BCUT2D eigenvalue weighted by Crippen LogP contribution is -2.55. The van der Waals surface area contributed by atoms with Gasteiger partial charge >= 0.3 is 0 Å². The van der Waals surface area contributed by atoms with E-state index >= 15 is 0 Å². The number of hydrogen-bond donors (Lipinski definition) is 3. The fraction of sp³-hybridized carbons (Fsp3) is 0.250. The highest BCUT2D eigenvalue weighted by Crippen LogP contribution is 2.17. The van der Waals surface area contributed by atoms with E-state index in [1.807, 2.05) is 30.3 Å². The van der Waals surface area contributed by atoms with E-state index in [-0.39, 0.29) is 5.91 Å². The maximum Gasteiger partial charge on any atom is 0.244 e. The second kappa shape index (κ2) is 4.08. The van der Waals surface area contributed by atoms with Crippen LogP contribution in [0.15, 0.2) is 42.5 Å². The summed E-state index contributed by atoms with van der Waals surface area (Å²) in [5.41, 5.74) is 0.940. The van der Waals surface area contributed by atoms with Gasteiger partial charge < -0.3 is 15.5 Å². The number of benzene rings is 1. The second-order valence-corrected chi connectivity index (χ2v) is 3.87. The highest BCUT2D eigenvalue weighted by atomic mass is 16.5. The molecule has 3 N–H and O–H groups in total. The van der Waals surface area contributed by atoms with Crippen molar-refractivity contribution in [2.24, 2.45) is 0 Å². The summed E-state index contributed by atoms with van der Waals surface area (Å²) < 4.78 is 0. The molecule has 1 heterocycles. The van der Waals surface area contributed by atoms with Crippen LogP contribution in [-0.2, 0) is 11.2 Å². The van der Waals surface area contributed by atoms with E-state index in [1.165, 1.54) is 0 Å². The molecule has 0 aromatic heterocycles. The fourth-order valence-corrected chi connectivity index (χ4v) is 1.69. The van der Waals surface area contributed by atoms with Gasteiger partial charge in [0.1, 0.15) is 0 Å². The number of aliphatic hydroxyl groups is 2. The summed E-state index contributed by atoms with van der Waals surface area (Å²) in [5, 5.41) is 21.9. The zero-order chi connectivity index (χ0) is 11.6. The molecule has 0 saturated heterocycles. The van der Waals surface area contributed by atoms with E-state index in [4.69, 9.17) is 0 Å². The molecule has 1 amide bonds. The molecule has 1 aromatic carbocycles. The first-order valence-corrected chi connectivity index (χ1v) is 5.06. The van der Waals surface area contributed by atoms with Crippen LogP contribution >= 0.6 is 0 Å². The summed E-state index contributed by atoms with van der Waals surface area (Å²) in [6, 6.07) is 8.65. The summed E-state index contributed by atoms with van der Waals surface area (Å²) in [5.74, 6) is -2.29. The van der Waals surface area contributed by atoms with Crippen LogP contribution in [0.5, 0.6) is 0 Å². The average molecular weight is 219 g/mol. The van der Waals surface area contributed by atoms with E-state index in [9.17, 15) is 15.0 Å². The third-order valence-corrected chi connectivity index (χ3v) is 2.59. The quantitative estimate of drug-likeness (QED) is 0.611. The lowest BCUT2D eigenvalue weighted by molar-refractivity contribution is -0.154. The van der Waals surface area contributed by atoms with Gasteiger partial charge in [-0.2, -0.15) is 0 Å². The van der Waals surface area contributed by atoms with Crippen LogP contribution in [-0.4, -0.2) is 27.9 Å². The Bertz CT molecular complexity index is 412. The molecule has 0 bridgehead atoms. The van der Waals surface area contributed by atoms with Gasteiger partial charge in [0, 0.05) is 6.08 Å². The van der Waals surface area contributed by atoms with Crippen LogP contribution in [0.4, 0.5) is 0 Å². The molecule has 0 fully saturated rings. The SMILES string of the molecule is O=C1C=CC(O)(O)C(Cc2ccccc2)N1. The molecule has 0 aliphatic carbocycles. The zero-order valence-electron chi connectivity index (χ0n) is 8.63. The number of carbonyl (C=O) groups excluding carboxylic acids is 1. The van der Waals surface area contributed by atoms with Crippen LogP contribution in [0.1, 0.15) is 5.56 Å². The predicted molar refractivity (Wildman–Crippen MR) is 58.4 cm³/mol. The number of hydrogen-bond acceptors (Lipinski definition) is 3. The highest BCUT2D eigenvalue weighted by Gasteiger charge is 2.35. The van der Waals surface area contributed by atoms with Gasteiger partial charge in [-0.1, -0.05) is 30.3 Å². The minimum Gasteiger partial charge on any atom is -0.361 e. The Morgan fingerprint density at radius 3 is 2.62 bits per heavy atom. The number of carbonyl (C=O) groups is 1. The largest absolute Gasteiger partial charge is 0.361 e. The molecule has 84 valence electrons. The Balaban J connectivity index is 2.16. The molecular formula is C12H13NO3. The van der Waals surface area contributed by atoms with Crippen molar-refractivity contribution in [3.63, 3.8) is 0 Å². The molecule has 4 heteroatoms. The molecule has 1 unspecified atom stereocenters. The topological polar surface area (TPSA) is 69.6 Å². The van der Waals surface area contributed by atoms with Crippen molar-refractivity contribution in [3.8, 4) is 0 Å². The maximum absolute atomic E-state index is 11.1. The Hall–Kier alpha value is -1.65. The van der Waals surface area contributed by atoms with Crippen LogP contribution in [0.25, 0.3) is 0 Å². The average Bonchev–Trinajstić information content (AvgIpc) is 2.26. The predicted octanol–water partition coefficient (Wildman–Crippen LogP) is -0.0354. The molecule has 0 saturated carbocycles. The zero-order valence-corrected chi connectivity index (χ0v) is 8.63. The second-order valence-electron chi connectivity index (χ2n) is 3.87. The van der Waals surface area contributed by atoms with E-state index in [2.05, 4.69) is 5.32 Å². The van der Waals surface area contributed by atoms with Crippen molar-refractivity contribution in [3.05, 3.63) is 48.0 Å². The summed E-state index contributed by atoms with van der Waals surface area (Å²) >= 11 is 0. The monoisotopic (exact) mass is 219 g/mol. The van der Waals surface area contributed by atoms with Gasteiger partial charge in [0.2, 0.25) is 11.7 Å². The Labute approximate surface area is 93.2 Å². The molecule has 16 heavy (non-hydrogen) atoms.